The van der Waals surface area contributed by atoms with Crippen LogP contribution in [0.15, 0.2) is 22.7 Å². The van der Waals surface area contributed by atoms with E-state index in [2.05, 4.69) is 52.1 Å². The van der Waals surface area contributed by atoms with E-state index in [0.717, 1.165) is 34.1 Å². The number of nitrogens with zero attached hydrogens (tertiary/aromatic N) is 1. The first-order valence-electron chi connectivity index (χ1n) is 5.73. The number of aryl methyl sites for hydroxylation is 1. The minimum atomic E-state index is 0.607. The van der Waals surface area contributed by atoms with Crippen molar-refractivity contribution in [2.45, 2.75) is 26.7 Å². The smallest absolute Gasteiger partial charge is 0.149 e. The number of nitrogens with one attached hydrogen (secondary N) is 1. The van der Waals surface area contributed by atoms with Crippen molar-refractivity contribution in [2.75, 3.05) is 5.73 Å². The van der Waals surface area contributed by atoms with Crippen molar-refractivity contribution in [3.05, 3.63) is 33.8 Å². The lowest BCUT2D eigenvalue weighted by Gasteiger charge is -2.07. The second-order valence-corrected chi connectivity index (χ2v) is 4.94. The van der Waals surface area contributed by atoms with Gasteiger partial charge in [-0.05, 0) is 34.8 Å². The molecule has 0 aliphatic heterocycles. The Bertz CT molecular complexity index is 531. The number of halogens is 1. The van der Waals surface area contributed by atoms with Crippen LogP contribution in [-0.4, -0.2) is 10.2 Å². The minimum Gasteiger partial charge on any atom is -0.382 e. The van der Waals surface area contributed by atoms with Crippen molar-refractivity contribution < 1.29 is 0 Å². The van der Waals surface area contributed by atoms with Crippen LogP contribution < -0.4 is 5.73 Å². The molecule has 0 aliphatic rings. The van der Waals surface area contributed by atoms with Crippen molar-refractivity contribution in [1.82, 2.24) is 10.2 Å². The largest absolute Gasteiger partial charge is 0.382 e. The third-order valence-corrected chi connectivity index (χ3v) is 3.91. The summed E-state index contributed by atoms with van der Waals surface area (Å²) in [5.74, 6) is 0.607. The third kappa shape index (κ3) is 2.22. The van der Waals surface area contributed by atoms with Gasteiger partial charge in [0.2, 0.25) is 0 Å². The number of hydrogen-bond acceptors (Lipinski definition) is 2. The molecule has 0 saturated carbocycles. The van der Waals surface area contributed by atoms with Crippen molar-refractivity contribution in [1.29, 1.82) is 0 Å². The van der Waals surface area contributed by atoms with E-state index >= 15 is 0 Å². The highest BCUT2D eigenvalue weighted by atomic mass is 79.9. The Kier molecular flexibility index (Phi) is 3.52. The molecular formula is C13H16BrN3. The fourth-order valence-electron chi connectivity index (χ4n) is 1.95. The van der Waals surface area contributed by atoms with E-state index < -0.39 is 0 Å². The van der Waals surface area contributed by atoms with Crippen LogP contribution in [0.3, 0.4) is 0 Å². The monoisotopic (exact) mass is 293 g/mol. The Labute approximate surface area is 110 Å². The molecule has 0 radical (unpaired) electrons. The van der Waals surface area contributed by atoms with Crippen molar-refractivity contribution in [2.24, 2.45) is 0 Å². The number of benzene rings is 1. The van der Waals surface area contributed by atoms with Gasteiger partial charge in [0.15, 0.2) is 0 Å². The Morgan fingerprint density at radius 3 is 2.88 bits per heavy atom. The number of anilines is 1. The molecule has 17 heavy (non-hydrogen) atoms. The molecule has 0 bridgehead atoms. The molecular weight excluding hydrogens is 278 g/mol. The average Bonchev–Trinajstić information content (AvgIpc) is 2.66. The van der Waals surface area contributed by atoms with Gasteiger partial charge in [0.25, 0.3) is 0 Å². The summed E-state index contributed by atoms with van der Waals surface area (Å²) in [6.45, 7) is 4.22. The predicted molar refractivity (Wildman–Crippen MR) is 74.9 cm³/mol. The van der Waals surface area contributed by atoms with Gasteiger partial charge in [-0.3, -0.25) is 5.10 Å². The zero-order chi connectivity index (χ0) is 12.4. The SMILES string of the molecule is CCCc1c(N)n[nH]c1-c1cccc(C)c1Br. The van der Waals surface area contributed by atoms with Crippen LogP contribution in [-0.2, 0) is 6.42 Å². The summed E-state index contributed by atoms with van der Waals surface area (Å²) in [6.07, 6.45) is 2.00. The molecule has 0 aliphatic carbocycles. The molecule has 4 heteroatoms. The van der Waals surface area contributed by atoms with Crippen molar-refractivity contribution in [3.63, 3.8) is 0 Å². The Hall–Kier alpha value is -1.29. The maximum Gasteiger partial charge on any atom is 0.149 e. The number of aromatic nitrogens is 2. The van der Waals surface area contributed by atoms with E-state index in [1.807, 2.05) is 6.07 Å². The van der Waals surface area contributed by atoms with E-state index in [4.69, 9.17) is 5.73 Å². The van der Waals surface area contributed by atoms with E-state index in [9.17, 15) is 0 Å². The maximum absolute atomic E-state index is 5.90. The summed E-state index contributed by atoms with van der Waals surface area (Å²) < 4.78 is 1.10. The molecule has 0 amide bonds. The van der Waals surface area contributed by atoms with Crippen LogP contribution in [0.5, 0.6) is 0 Å². The number of hydrogen-bond donors (Lipinski definition) is 2. The number of aromatic amines is 1. The minimum absolute atomic E-state index is 0.607. The lowest BCUT2D eigenvalue weighted by Crippen LogP contribution is -1.93. The highest BCUT2D eigenvalue weighted by Crippen LogP contribution is 2.33. The molecule has 0 spiro atoms. The van der Waals surface area contributed by atoms with Crippen LogP contribution in [0, 0.1) is 6.92 Å². The topological polar surface area (TPSA) is 54.7 Å². The zero-order valence-corrected chi connectivity index (χ0v) is 11.6. The highest BCUT2D eigenvalue weighted by Gasteiger charge is 2.14. The average molecular weight is 294 g/mol. The van der Waals surface area contributed by atoms with Gasteiger partial charge in [-0.1, -0.05) is 31.5 Å². The Morgan fingerprint density at radius 2 is 2.18 bits per heavy atom. The fourth-order valence-corrected chi connectivity index (χ4v) is 2.41. The van der Waals surface area contributed by atoms with Crippen LogP contribution in [0.2, 0.25) is 0 Å². The van der Waals surface area contributed by atoms with E-state index in [1.54, 1.807) is 0 Å². The molecule has 90 valence electrons. The first-order chi connectivity index (χ1) is 8.15. The van der Waals surface area contributed by atoms with Gasteiger partial charge < -0.3 is 5.73 Å². The molecule has 3 nitrogen and oxygen atoms in total. The van der Waals surface area contributed by atoms with Gasteiger partial charge in [-0.15, -0.1) is 0 Å². The fraction of sp³-hybridized carbons (Fsp3) is 0.308. The highest BCUT2D eigenvalue weighted by molar-refractivity contribution is 9.10. The van der Waals surface area contributed by atoms with E-state index in [0.29, 0.717) is 5.82 Å². The molecule has 1 aromatic heterocycles. The summed E-state index contributed by atoms with van der Waals surface area (Å²) in [6, 6.07) is 6.19. The van der Waals surface area contributed by atoms with Gasteiger partial charge in [0, 0.05) is 15.6 Å². The first kappa shape index (κ1) is 12.2. The van der Waals surface area contributed by atoms with Gasteiger partial charge in [0.1, 0.15) is 5.82 Å². The van der Waals surface area contributed by atoms with Crippen molar-refractivity contribution in [3.8, 4) is 11.3 Å². The summed E-state index contributed by atoms with van der Waals surface area (Å²) in [5.41, 5.74) is 10.4. The van der Waals surface area contributed by atoms with Gasteiger partial charge >= 0.3 is 0 Å². The molecule has 1 heterocycles. The van der Waals surface area contributed by atoms with Crippen LogP contribution in [0.1, 0.15) is 24.5 Å². The Morgan fingerprint density at radius 1 is 1.41 bits per heavy atom. The second kappa shape index (κ2) is 4.92. The number of nitrogens with two attached hydrogens (primary N) is 1. The summed E-state index contributed by atoms with van der Waals surface area (Å²) >= 11 is 3.62. The molecule has 1 aromatic carbocycles. The lowest BCUT2D eigenvalue weighted by atomic mass is 10.0. The normalized spacial score (nSPS) is 10.8. The van der Waals surface area contributed by atoms with Gasteiger partial charge in [-0.25, -0.2) is 0 Å². The molecule has 0 atom stereocenters. The molecule has 2 rings (SSSR count). The van der Waals surface area contributed by atoms with Crippen LogP contribution >= 0.6 is 15.9 Å². The first-order valence-corrected chi connectivity index (χ1v) is 6.52. The molecule has 2 aromatic rings. The molecule has 0 saturated heterocycles. The van der Waals surface area contributed by atoms with Crippen LogP contribution in [0.4, 0.5) is 5.82 Å². The standard InChI is InChI=1S/C13H16BrN3/c1-3-5-10-12(16-17-13(10)15)9-7-4-6-8(2)11(9)14/h4,6-7H,3,5H2,1-2H3,(H3,15,16,17). The number of rotatable bonds is 3. The van der Waals surface area contributed by atoms with E-state index in [-0.39, 0.29) is 0 Å². The zero-order valence-electron chi connectivity index (χ0n) is 10.0. The predicted octanol–water partition coefficient (Wildman–Crippen LogP) is 3.68. The molecule has 0 fully saturated rings. The van der Waals surface area contributed by atoms with Crippen LogP contribution in [0.25, 0.3) is 11.3 Å². The lowest BCUT2D eigenvalue weighted by molar-refractivity contribution is 0.927. The quantitative estimate of drug-likeness (QED) is 0.907. The third-order valence-electron chi connectivity index (χ3n) is 2.86. The summed E-state index contributed by atoms with van der Waals surface area (Å²) in [4.78, 5) is 0. The molecule has 0 unspecified atom stereocenters. The number of nitrogen functional groups attached to an aromatic ring is 1. The maximum atomic E-state index is 5.90. The second-order valence-electron chi connectivity index (χ2n) is 4.15. The summed E-state index contributed by atoms with van der Waals surface area (Å²) in [5, 5.41) is 7.15. The van der Waals surface area contributed by atoms with Crippen molar-refractivity contribution >= 4 is 21.7 Å². The van der Waals surface area contributed by atoms with E-state index in [1.165, 1.54) is 5.56 Å². The Balaban J connectivity index is 2.56. The number of H-pyrrole nitrogens is 1. The molecule has 3 N–H and O–H groups in total. The van der Waals surface area contributed by atoms with Gasteiger partial charge in [-0.2, -0.15) is 5.10 Å². The summed E-state index contributed by atoms with van der Waals surface area (Å²) in [7, 11) is 0. The van der Waals surface area contributed by atoms with Gasteiger partial charge in [0.05, 0.1) is 5.69 Å².